The summed E-state index contributed by atoms with van der Waals surface area (Å²) in [4.78, 5) is 2.84. The van der Waals surface area contributed by atoms with Crippen molar-refractivity contribution in [1.29, 1.82) is 0 Å². The second-order valence-electron chi connectivity index (χ2n) is 4.41. The first kappa shape index (κ1) is 13.6. The molecule has 0 saturated heterocycles. The lowest BCUT2D eigenvalue weighted by atomic mass is 9.95. The zero-order valence-electron chi connectivity index (χ0n) is 10.5. The quantitative estimate of drug-likeness (QED) is 0.870. The highest BCUT2D eigenvalue weighted by Crippen LogP contribution is 2.26. The Morgan fingerprint density at radius 3 is 2.61 bits per heavy atom. The van der Waals surface area contributed by atoms with Crippen LogP contribution in [0.1, 0.15) is 28.2 Å². The number of benzene rings is 1. The largest absolute Gasteiger partial charge is 0.330 e. The van der Waals surface area contributed by atoms with Crippen molar-refractivity contribution in [3.63, 3.8) is 0 Å². The Hall–Kier alpha value is -0.830. The Morgan fingerprint density at radius 1 is 1.22 bits per heavy atom. The molecule has 1 nitrogen and oxygen atoms in total. The second kappa shape index (κ2) is 6.37. The smallest absolute Gasteiger partial charge is 0.0408 e. The average Bonchev–Trinajstić information content (AvgIpc) is 2.83. The molecule has 18 heavy (non-hydrogen) atoms. The lowest BCUT2D eigenvalue weighted by Crippen LogP contribution is -2.14. The minimum atomic E-state index is 0.354. The van der Waals surface area contributed by atoms with Crippen LogP contribution in [0, 0.1) is 0 Å². The van der Waals surface area contributed by atoms with Gasteiger partial charge in [0.25, 0.3) is 0 Å². The third kappa shape index (κ3) is 3.35. The van der Waals surface area contributed by atoms with Crippen molar-refractivity contribution in [2.45, 2.75) is 25.7 Å². The first-order valence-electron chi connectivity index (χ1n) is 6.26. The van der Waals surface area contributed by atoms with Gasteiger partial charge < -0.3 is 5.73 Å². The van der Waals surface area contributed by atoms with Gasteiger partial charge in [0.1, 0.15) is 0 Å². The highest BCUT2D eigenvalue weighted by Gasteiger charge is 2.12. The summed E-state index contributed by atoms with van der Waals surface area (Å²) in [5.74, 6) is 0.354. The fourth-order valence-electron chi connectivity index (χ4n) is 2.06. The van der Waals surface area contributed by atoms with E-state index in [1.807, 2.05) is 29.5 Å². The Morgan fingerprint density at radius 2 is 2.00 bits per heavy atom. The number of nitrogens with two attached hydrogens (primary N) is 1. The third-order valence-electron chi connectivity index (χ3n) is 3.12. The molecule has 1 atom stereocenters. The normalized spacial score (nSPS) is 12.6. The van der Waals surface area contributed by atoms with Gasteiger partial charge in [-0.3, -0.25) is 0 Å². The number of aryl methyl sites for hydroxylation is 1. The minimum absolute atomic E-state index is 0.354. The van der Waals surface area contributed by atoms with E-state index in [-0.39, 0.29) is 0 Å². The van der Waals surface area contributed by atoms with Crippen LogP contribution in [-0.4, -0.2) is 6.54 Å². The van der Waals surface area contributed by atoms with E-state index >= 15 is 0 Å². The molecule has 1 aromatic heterocycles. The van der Waals surface area contributed by atoms with E-state index in [1.54, 1.807) is 0 Å². The minimum Gasteiger partial charge on any atom is -0.330 e. The van der Waals surface area contributed by atoms with Crippen molar-refractivity contribution in [3.05, 3.63) is 56.7 Å². The number of rotatable bonds is 5. The van der Waals surface area contributed by atoms with E-state index in [1.165, 1.54) is 15.3 Å². The van der Waals surface area contributed by atoms with Crippen molar-refractivity contribution in [2.75, 3.05) is 6.54 Å². The van der Waals surface area contributed by atoms with Gasteiger partial charge in [-0.15, -0.1) is 11.3 Å². The first-order chi connectivity index (χ1) is 8.72. The lowest BCUT2D eigenvalue weighted by Gasteiger charge is -2.14. The molecule has 0 aliphatic rings. The topological polar surface area (TPSA) is 26.0 Å². The molecule has 0 bridgehead atoms. The molecule has 2 aromatic rings. The standard InChI is InChI=1S/C15H18ClNS/c1-2-14-6-7-15(18-14)9-12(10-17)11-4-3-5-13(16)8-11/h3-8,12H,2,9-10,17H2,1H3. The predicted molar refractivity (Wildman–Crippen MR) is 80.6 cm³/mol. The summed E-state index contributed by atoms with van der Waals surface area (Å²) in [7, 11) is 0. The van der Waals surface area contributed by atoms with Crippen LogP contribution in [0.4, 0.5) is 0 Å². The first-order valence-corrected chi connectivity index (χ1v) is 7.45. The van der Waals surface area contributed by atoms with Crippen molar-refractivity contribution in [1.82, 2.24) is 0 Å². The van der Waals surface area contributed by atoms with Crippen LogP contribution in [-0.2, 0) is 12.8 Å². The number of hydrogen-bond donors (Lipinski definition) is 1. The summed E-state index contributed by atoms with van der Waals surface area (Å²) in [6.45, 7) is 2.84. The van der Waals surface area contributed by atoms with Crippen LogP contribution >= 0.6 is 22.9 Å². The van der Waals surface area contributed by atoms with E-state index < -0.39 is 0 Å². The lowest BCUT2D eigenvalue weighted by molar-refractivity contribution is 0.701. The fourth-order valence-corrected chi connectivity index (χ4v) is 3.30. The molecule has 96 valence electrons. The van der Waals surface area contributed by atoms with E-state index in [0.717, 1.165) is 17.9 Å². The van der Waals surface area contributed by atoms with Crippen LogP contribution in [0.5, 0.6) is 0 Å². The summed E-state index contributed by atoms with van der Waals surface area (Å²) >= 11 is 7.92. The zero-order chi connectivity index (χ0) is 13.0. The van der Waals surface area contributed by atoms with Gasteiger partial charge in [0.15, 0.2) is 0 Å². The Kier molecular flexibility index (Phi) is 4.81. The van der Waals surface area contributed by atoms with E-state index in [9.17, 15) is 0 Å². The van der Waals surface area contributed by atoms with Crippen LogP contribution in [0.25, 0.3) is 0 Å². The molecule has 1 aromatic carbocycles. The van der Waals surface area contributed by atoms with Crippen LogP contribution in [0.3, 0.4) is 0 Å². The summed E-state index contributed by atoms with van der Waals surface area (Å²) in [6, 6.07) is 12.5. The van der Waals surface area contributed by atoms with Crippen LogP contribution in [0.2, 0.25) is 5.02 Å². The highest BCUT2D eigenvalue weighted by molar-refractivity contribution is 7.11. The average molecular weight is 280 g/mol. The molecule has 1 heterocycles. The van der Waals surface area contributed by atoms with Gasteiger partial charge in [0.05, 0.1) is 0 Å². The maximum absolute atomic E-state index is 6.04. The van der Waals surface area contributed by atoms with Crippen molar-refractivity contribution in [2.24, 2.45) is 5.73 Å². The molecule has 0 aliphatic carbocycles. The van der Waals surface area contributed by atoms with Crippen LogP contribution < -0.4 is 5.73 Å². The van der Waals surface area contributed by atoms with Gasteiger partial charge in [-0.1, -0.05) is 30.7 Å². The maximum Gasteiger partial charge on any atom is 0.0408 e. The van der Waals surface area contributed by atoms with Crippen molar-refractivity contribution in [3.8, 4) is 0 Å². The summed E-state index contributed by atoms with van der Waals surface area (Å²) < 4.78 is 0. The van der Waals surface area contributed by atoms with Gasteiger partial charge in [0.2, 0.25) is 0 Å². The Balaban J connectivity index is 2.14. The monoisotopic (exact) mass is 279 g/mol. The molecular weight excluding hydrogens is 262 g/mol. The molecule has 0 amide bonds. The SMILES string of the molecule is CCc1ccc(CC(CN)c2cccc(Cl)c2)s1. The Bertz CT molecular complexity index is 507. The van der Waals surface area contributed by atoms with Gasteiger partial charge in [-0.05, 0) is 49.2 Å². The van der Waals surface area contributed by atoms with Gasteiger partial charge >= 0.3 is 0 Å². The number of halogens is 1. The number of thiophene rings is 1. The van der Waals surface area contributed by atoms with Crippen molar-refractivity contribution >= 4 is 22.9 Å². The Labute approximate surface area is 118 Å². The molecule has 1 unspecified atom stereocenters. The molecular formula is C15H18ClNS. The molecule has 2 rings (SSSR count). The predicted octanol–water partition coefficient (Wildman–Crippen LogP) is 4.25. The van der Waals surface area contributed by atoms with Gasteiger partial charge in [-0.2, -0.15) is 0 Å². The zero-order valence-corrected chi connectivity index (χ0v) is 12.1. The molecule has 2 N–H and O–H groups in total. The molecule has 0 aliphatic heterocycles. The summed E-state index contributed by atoms with van der Waals surface area (Å²) in [5.41, 5.74) is 7.14. The molecule has 3 heteroatoms. The highest BCUT2D eigenvalue weighted by atomic mass is 35.5. The van der Waals surface area contributed by atoms with Crippen molar-refractivity contribution < 1.29 is 0 Å². The maximum atomic E-state index is 6.04. The van der Waals surface area contributed by atoms with Crippen LogP contribution in [0.15, 0.2) is 36.4 Å². The molecule has 0 radical (unpaired) electrons. The second-order valence-corrected chi connectivity index (χ2v) is 6.10. The molecule has 0 spiro atoms. The summed E-state index contributed by atoms with van der Waals surface area (Å²) in [5, 5.41) is 0.784. The fraction of sp³-hybridized carbons (Fsp3) is 0.333. The number of hydrogen-bond acceptors (Lipinski definition) is 2. The van der Waals surface area contributed by atoms with E-state index in [2.05, 4.69) is 25.1 Å². The van der Waals surface area contributed by atoms with E-state index in [0.29, 0.717) is 12.5 Å². The molecule has 0 saturated carbocycles. The van der Waals surface area contributed by atoms with E-state index in [4.69, 9.17) is 17.3 Å². The summed E-state index contributed by atoms with van der Waals surface area (Å²) in [6.07, 6.45) is 2.11. The molecule has 0 fully saturated rings. The third-order valence-corrected chi connectivity index (χ3v) is 4.60. The van der Waals surface area contributed by atoms with Gasteiger partial charge in [0, 0.05) is 20.7 Å². The van der Waals surface area contributed by atoms with Gasteiger partial charge in [-0.25, -0.2) is 0 Å².